The van der Waals surface area contributed by atoms with Crippen LogP contribution in [0.3, 0.4) is 0 Å². The molecule has 0 unspecified atom stereocenters. The highest BCUT2D eigenvalue weighted by molar-refractivity contribution is 5.99. The zero-order valence-electron chi connectivity index (χ0n) is 17.9. The third-order valence-corrected chi connectivity index (χ3v) is 5.43. The summed E-state index contributed by atoms with van der Waals surface area (Å²) in [5, 5.41) is 0. The Bertz CT molecular complexity index is 1280. The van der Waals surface area contributed by atoms with Gasteiger partial charge in [0.25, 0.3) is 5.91 Å². The zero-order chi connectivity index (χ0) is 22.1. The largest absolute Gasteiger partial charge is 0.454 e. The van der Waals surface area contributed by atoms with Gasteiger partial charge in [0.1, 0.15) is 0 Å². The number of ether oxygens (including phenoxy) is 2. The molecular weight excluding hydrogens is 404 g/mol. The van der Waals surface area contributed by atoms with E-state index in [1.807, 2.05) is 67.6 Å². The van der Waals surface area contributed by atoms with Crippen molar-refractivity contribution in [1.29, 1.82) is 0 Å². The van der Waals surface area contributed by atoms with Gasteiger partial charge in [-0.05, 0) is 36.8 Å². The molecule has 3 aromatic carbocycles. The standard InChI is InChI=1S/C26H22N2O4/c1-17-7-10-19(11-8-17)24-14-27-25(32-24)20-5-3-4-6-21(20)26(29)28(2)15-18-9-12-22-23(13-18)31-16-30-22/h3-14H,15-16H2,1-2H3. The molecule has 1 aliphatic heterocycles. The van der Waals surface area contributed by atoms with Crippen LogP contribution in [0.25, 0.3) is 22.8 Å². The van der Waals surface area contributed by atoms with Crippen molar-refractivity contribution in [2.45, 2.75) is 13.5 Å². The van der Waals surface area contributed by atoms with E-state index >= 15 is 0 Å². The maximum Gasteiger partial charge on any atom is 0.254 e. The van der Waals surface area contributed by atoms with Crippen molar-refractivity contribution >= 4 is 5.91 Å². The fourth-order valence-electron chi connectivity index (χ4n) is 3.70. The molecule has 0 saturated heterocycles. The van der Waals surface area contributed by atoms with E-state index in [0.29, 0.717) is 35.1 Å². The second-order valence-electron chi connectivity index (χ2n) is 7.79. The van der Waals surface area contributed by atoms with Crippen LogP contribution in [0.5, 0.6) is 11.5 Å². The SMILES string of the molecule is Cc1ccc(-c2cnc(-c3ccccc3C(=O)N(C)Cc3ccc4c(c3)OCO4)o2)cc1. The molecule has 0 fully saturated rings. The fourth-order valence-corrected chi connectivity index (χ4v) is 3.70. The number of amides is 1. The highest BCUT2D eigenvalue weighted by Gasteiger charge is 2.21. The van der Waals surface area contributed by atoms with Crippen LogP contribution in [-0.4, -0.2) is 29.6 Å². The van der Waals surface area contributed by atoms with Gasteiger partial charge in [0, 0.05) is 24.7 Å². The summed E-state index contributed by atoms with van der Waals surface area (Å²) < 4.78 is 16.8. The van der Waals surface area contributed by atoms with Gasteiger partial charge in [-0.1, -0.05) is 48.0 Å². The lowest BCUT2D eigenvalue weighted by atomic mass is 10.1. The van der Waals surface area contributed by atoms with Gasteiger partial charge in [0.15, 0.2) is 17.3 Å². The molecule has 32 heavy (non-hydrogen) atoms. The van der Waals surface area contributed by atoms with E-state index in [1.165, 1.54) is 5.56 Å². The number of benzene rings is 3. The second-order valence-corrected chi connectivity index (χ2v) is 7.79. The fraction of sp³-hybridized carbons (Fsp3) is 0.154. The number of nitrogens with zero attached hydrogens (tertiary/aromatic N) is 2. The third-order valence-electron chi connectivity index (χ3n) is 5.43. The lowest BCUT2D eigenvalue weighted by Crippen LogP contribution is -2.26. The molecule has 6 heteroatoms. The topological polar surface area (TPSA) is 64.8 Å². The van der Waals surface area contributed by atoms with Crippen LogP contribution < -0.4 is 9.47 Å². The van der Waals surface area contributed by atoms with E-state index in [2.05, 4.69) is 4.98 Å². The Kier molecular flexibility index (Phi) is 5.11. The Labute approximate surface area is 186 Å². The molecule has 5 rings (SSSR count). The monoisotopic (exact) mass is 426 g/mol. The van der Waals surface area contributed by atoms with Crippen molar-refractivity contribution in [3.63, 3.8) is 0 Å². The average molecular weight is 426 g/mol. The molecule has 6 nitrogen and oxygen atoms in total. The van der Waals surface area contributed by atoms with Crippen LogP contribution >= 0.6 is 0 Å². The molecule has 0 bridgehead atoms. The molecule has 2 heterocycles. The minimum atomic E-state index is -0.117. The smallest absolute Gasteiger partial charge is 0.254 e. The molecule has 1 amide bonds. The van der Waals surface area contributed by atoms with E-state index in [4.69, 9.17) is 13.9 Å². The number of aryl methyl sites for hydroxylation is 1. The highest BCUT2D eigenvalue weighted by atomic mass is 16.7. The van der Waals surface area contributed by atoms with Crippen molar-refractivity contribution in [3.05, 3.63) is 89.6 Å². The van der Waals surface area contributed by atoms with Gasteiger partial charge in [-0.2, -0.15) is 0 Å². The molecule has 1 aliphatic rings. The summed E-state index contributed by atoms with van der Waals surface area (Å²) in [5.41, 5.74) is 4.27. The molecule has 0 N–H and O–H groups in total. The first kappa shape index (κ1) is 19.9. The third kappa shape index (κ3) is 3.83. The molecule has 1 aromatic heterocycles. The molecule has 0 saturated carbocycles. The number of fused-ring (bicyclic) bond motifs is 1. The van der Waals surface area contributed by atoms with Gasteiger partial charge >= 0.3 is 0 Å². The number of hydrogen-bond donors (Lipinski definition) is 0. The first-order valence-electron chi connectivity index (χ1n) is 10.3. The quantitative estimate of drug-likeness (QED) is 0.432. The predicted octanol–water partition coefficient (Wildman–Crippen LogP) is 5.32. The van der Waals surface area contributed by atoms with Crippen LogP contribution in [0.2, 0.25) is 0 Å². The van der Waals surface area contributed by atoms with Crippen LogP contribution in [0.4, 0.5) is 0 Å². The molecule has 4 aromatic rings. The minimum absolute atomic E-state index is 0.117. The molecule has 0 aliphatic carbocycles. The Morgan fingerprint density at radius 2 is 1.78 bits per heavy atom. The van der Waals surface area contributed by atoms with Crippen LogP contribution in [0.15, 0.2) is 77.3 Å². The molecule has 0 spiro atoms. The number of oxazole rings is 1. The van der Waals surface area contributed by atoms with Crippen molar-refractivity contribution < 1.29 is 18.7 Å². The Morgan fingerprint density at radius 3 is 2.62 bits per heavy atom. The maximum atomic E-state index is 13.3. The number of carbonyl (C=O) groups is 1. The van der Waals surface area contributed by atoms with E-state index in [1.54, 1.807) is 24.2 Å². The van der Waals surface area contributed by atoms with Crippen LogP contribution in [0, 0.1) is 6.92 Å². The first-order valence-corrected chi connectivity index (χ1v) is 10.3. The summed E-state index contributed by atoms with van der Waals surface area (Å²) in [5.74, 6) is 2.39. The number of rotatable bonds is 5. The van der Waals surface area contributed by atoms with Gasteiger partial charge in [0.05, 0.1) is 11.8 Å². The second kappa shape index (κ2) is 8.23. The Hall–Kier alpha value is -4.06. The van der Waals surface area contributed by atoms with Crippen molar-refractivity contribution in [2.75, 3.05) is 13.8 Å². The summed E-state index contributed by atoms with van der Waals surface area (Å²) >= 11 is 0. The summed E-state index contributed by atoms with van der Waals surface area (Å²) in [6.07, 6.45) is 1.69. The number of carbonyl (C=O) groups excluding carboxylic acids is 1. The minimum Gasteiger partial charge on any atom is -0.454 e. The summed E-state index contributed by atoms with van der Waals surface area (Å²) in [6, 6.07) is 21.1. The maximum absolute atomic E-state index is 13.3. The molecular formula is C26H22N2O4. The summed E-state index contributed by atoms with van der Waals surface area (Å²) in [6.45, 7) is 2.70. The van der Waals surface area contributed by atoms with Gasteiger partial charge in [-0.3, -0.25) is 4.79 Å². The lowest BCUT2D eigenvalue weighted by molar-refractivity contribution is 0.0785. The summed E-state index contributed by atoms with van der Waals surface area (Å²) in [7, 11) is 1.77. The first-order chi connectivity index (χ1) is 15.6. The van der Waals surface area contributed by atoms with E-state index in [-0.39, 0.29) is 12.7 Å². The van der Waals surface area contributed by atoms with Crippen molar-refractivity contribution in [2.24, 2.45) is 0 Å². The lowest BCUT2D eigenvalue weighted by Gasteiger charge is -2.19. The van der Waals surface area contributed by atoms with Gasteiger partial charge in [-0.15, -0.1) is 0 Å². The molecule has 0 radical (unpaired) electrons. The van der Waals surface area contributed by atoms with Crippen molar-refractivity contribution in [3.8, 4) is 34.3 Å². The number of hydrogen-bond acceptors (Lipinski definition) is 5. The van der Waals surface area contributed by atoms with E-state index < -0.39 is 0 Å². The zero-order valence-corrected chi connectivity index (χ0v) is 17.9. The summed E-state index contributed by atoms with van der Waals surface area (Å²) in [4.78, 5) is 19.4. The highest BCUT2D eigenvalue weighted by Crippen LogP contribution is 2.33. The van der Waals surface area contributed by atoms with Gasteiger partial charge < -0.3 is 18.8 Å². The Balaban J connectivity index is 1.39. The van der Waals surface area contributed by atoms with E-state index in [9.17, 15) is 4.79 Å². The van der Waals surface area contributed by atoms with Crippen LogP contribution in [0.1, 0.15) is 21.5 Å². The van der Waals surface area contributed by atoms with Gasteiger partial charge in [0.2, 0.25) is 12.7 Å². The van der Waals surface area contributed by atoms with Crippen molar-refractivity contribution in [1.82, 2.24) is 9.88 Å². The number of aromatic nitrogens is 1. The average Bonchev–Trinajstić information content (AvgIpc) is 3.48. The van der Waals surface area contributed by atoms with E-state index in [0.717, 1.165) is 16.9 Å². The van der Waals surface area contributed by atoms with Gasteiger partial charge in [-0.25, -0.2) is 4.98 Å². The molecule has 0 atom stereocenters. The Morgan fingerprint density at radius 1 is 1.00 bits per heavy atom. The molecule has 160 valence electrons. The normalized spacial score (nSPS) is 12.1. The van der Waals surface area contributed by atoms with Crippen LogP contribution in [-0.2, 0) is 6.54 Å². The predicted molar refractivity (Wildman–Crippen MR) is 120 cm³/mol.